The Bertz CT molecular complexity index is 1070. The lowest BCUT2D eigenvalue weighted by molar-refractivity contribution is 0.102. The predicted molar refractivity (Wildman–Crippen MR) is 111 cm³/mol. The van der Waals surface area contributed by atoms with Crippen molar-refractivity contribution < 1.29 is 4.79 Å². The molecule has 0 saturated heterocycles. The number of carbonyl (C=O) groups excluding carboxylic acids is 1. The average Bonchev–Trinajstić information content (AvgIpc) is 3.26. The van der Waals surface area contributed by atoms with Gasteiger partial charge in [0.1, 0.15) is 5.69 Å². The SMILES string of the molecule is CCCc1[nH]nc(-c2ccc(Cl)cc2)c1C(=O)Nc1nc2ccccc2s1. The van der Waals surface area contributed by atoms with Crippen molar-refractivity contribution in [3.05, 3.63) is 64.8 Å². The van der Waals surface area contributed by atoms with E-state index in [-0.39, 0.29) is 5.91 Å². The number of carbonyl (C=O) groups is 1. The maximum absolute atomic E-state index is 13.1. The fourth-order valence-corrected chi connectivity index (χ4v) is 3.94. The molecule has 0 atom stereocenters. The van der Waals surface area contributed by atoms with Crippen LogP contribution < -0.4 is 5.32 Å². The van der Waals surface area contributed by atoms with Gasteiger partial charge in [-0.3, -0.25) is 15.2 Å². The van der Waals surface area contributed by atoms with Crippen LogP contribution in [0.2, 0.25) is 5.02 Å². The summed E-state index contributed by atoms with van der Waals surface area (Å²) in [5.74, 6) is -0.212. The minimum atomic E-state index is -0.212. The molecule has 1 amide bonds. The molecule has 7 heteroatoms. The Morgan fingerprint density at radius 1 is 1.19 bits per heavy atom. The molecule has 0 radical (unpaired) electrons. The summed E-state index contributed by atoms with van der Waals surface area (Å²) in [5, 5.41) is 11.6. The van der Waals surface area contributed by atoms with Crippen LogP contribution in [0.15, 0.2) is 48.5 Å². The summed E-state index contributed by atoms with van der Waals surface area (Å²) in [6.07, 6.45) is 1.65. The summed E-state index contributed by atoms with van der Waals surface area (Å²) in [7, 11) is 0. The number of benzene rings is 2. The molecule has 0 unspecified atom stereocenters. The van der Waals surface area contributed by atoms with Crippen molar-refractivity contribution in [1.29, 1.82) is 0 Å². The lowest BCUT2D eigenvalue weighted by Crippen LogP contribution is -2.14. The van der Waals surface area contributed by atoms with E-state index in [2.05, 4.69) is 27.4 Å². The second-order valence-electron chi connectivity index (χ2n) is 6.12. The number of H-pyrrole nitrogens is 1. The average molecular weight is 397 g/mol. The number of aromatic nitrogens is 3. The molecule has 4 rings (SSSR count). The molecule has 2 N–H and O–H groups in total. The number of nitrogens with zero attached hydrogens (tertiary/aromatic N) is 2. The molecule has 0 fully saturated rings. The van der Waals surface area contributed by atoms with Gasteiger partial charge in [-0.1, -0.05) is 60.5 Å². The molecule has 0 saturated carbocycles. The van der Waals surface area contributed by atoms with Gasteiger partial charge in [0.15, 0.2) is 5.13 Å². The van der Waals surface area contributed by atoms with Gasteiger partial charge < -0.3 is 0 Å². The molecule has 0 aliphatic carbocycles. The van der Waals surface area contributed by atoms with E-state index < -0.39 is 0 Å². The molecule has 2 aromatic carbocycles. The third kappa shape index (κ3) is 3.59. The molecule has 136 valence electrons. The zero-order chi connectivity index (χ0) is 18.8. The number of halogens is 1. The van der Waals surface area contributed by atoms with Crippen molar-refractivity contribution in [3.8, 4) is 11.3 Å². The van der Waals surface area contributed by atoms with E-state index in [1.807, 2.05) is 36.4 Å². The van der Waals surface area contributed by atoms with Crippen LogP contribution in [0.3, 0.4) is 0 Å². The van der Waals surface area contributed by atoms with Crippen molar-refractivity contribution in [2.24, 2.45) is 0 Å². The number of thiazole rings is 1. The lowest BCUT2D eigenvalue weighted by Gasteiger charge is -2.06. The van der Waals surface area contributed by atoms with Gasteiger partial charge in [0.25, 0.3) is 5.91 Å². The third-order valence-corrected chi connectivity index (χ3v) is 5.40. The Morgan fingerprint density at radius 2 is 1.96 bits per heavy atom. The fraction of sp³-hybridized carbons (Fsp3) is 0.150. The van der Waals surface area contributed by atoms with Crippen molar-refractivity contribution in [2.75, 3.05) is 5.32 Å². The monoisotopic (exact) mass is 396 g/mol. The predicted octanol–water partition coefficient (Wildman–Crippen LogP) is 5.54. The highest BCUT2D eigenvalue weighted by molar-refractivity contribution is 7.22. The van der Waals surface area contributed by atoms with E-state index >= 15 is 0 Å². The van der Waals surface area contributed by atoms with Crippen molar-refractivity contribution in [2.45, 2.75) is 19.8 Å². The van der Waals surface area contributed by atoms with Crippen LogP contribution in [0.25, 0.3) is 21.5 Å². The molecule has 0 bridgehead atoms. The lowest BCUT2D eigenvalue weighted by atomic mass is 10.0. The molecule has 0 aliphatic rings. The zero-order valence-corrected chi connectivity index (χ0v) is 16.2. The number of nitrogens with one attached hydrogen (secondary N) is 2. The van der Waals surface area contributed by atoms with E-state index in [4.69, 9.17) is 11.6 Å². The molecular weight excluding hydrogens is 380 g/mol. The number of rotatable bonds is 5. The molecule has 27 heavy (non-hydrogen) atoms. The molecule has 2 heterocycles. The third-order valence-electron chi connectivity index (χ3n) is 4.20. The van der Waals surface area contributed by atoms with Crippen molar-refractivity contribution in [1.82, 2.24) is 15.2 Å². The normalized spacial score (nSPS) is 11.0. The first-order chi connectivity index (χ1) is 13.2. The molecule has 0 spiro atoms. The van der Waals surface area contributed by atoms with E-state index in [1.54, 1.807) is 12.1 Å². The summed E-state index contributed by atoms with van der Waals surface area (Å²) in [4.78, 5) is 17.6. The smallest absolute Gasteiger partial charge is 0.261 e. The quantitative estimate of drug-likeness (QED) is 0.465. The number of aromatic amines is 1. The topological polar surface area (TPSA) is 70.7 Å². The van der Waals surface area contributed by atoms with Crippen LogP contribution in [-0.4, -0.2) is 21.1 Å². The van der Waals surface area contributed by atoms with Crippen LogP contribution in [0.4, 0.5) is 5.13 Å². The summed E-state index contributed by atoms with van der Waals surface area (Å²) in [6.45, 7) is 2.07. The van der Waals surface area contributed by atoms with Gasteiger partial charge in [0.05, 0.1) is 15.8 Å². The van der Waals surface area contributed by atoms with Crippen LogP contribution in [0.5, 0.6) is 0 Å². The van der Waals surface area contributed by atoms with Gasteiger partial charge in [-0.25, -0.2) is 4.98 Å². The van der Waals surface area contributed by atoms with Crippen molar-refractivity contribution >= 4 is 44.2 Å². The molecule has 0 aliphatic heterocycles. The Balaban J connectivity index is 1.70. The second kappa shape index (κ2) is 7.50. The van der Waals surface area contributed by atoms with Gasteiger partial charge in [-0.2, -0.15) is 5.10 Å². The van der Waals surface area contributed by atoms with Crippen LogP contribution in [0.1, 0.15) is 29.4 Å². The van der Waals surface area contributed by atoms with Gasteiger partial charge in [-0.15, -0.1) is 0 Å². The van der Waals surface area contributed by atoms with Crippen LogP contribution in [0, 0.1) is 0 Å². The highest BCUT2D eigenvalue weighted by Crippen LogP contribution is 2.29. The van der Waals surface area contributed by atoms with Gasteiger partial charge in [0, 0.05) is 16.3 Å². The van der Waals surface area contributed by atoms with E-state index in [0.717, 1.165) is 34.3 Å². The van der Waals surface area contributed by atoms with E-state index in [1.165, 1.54) is 11.3 Å². The number of anilines is 1. The summed E-state index contributed by atoms with van der Waals surface area (Å²) in [5.41, 5.74) is 3.71. The van der Waals surface area contributed by atoms with E-state index in [9.17, 15) is 4.79 Å². The van der Waals surface area contributed by atoms with E-state index in [0.29, 0.717) is 21.4 Å². The standard InChI is InChI=1S/C20H17ClN4OS/c1-2-5-15-17(18(25-24-15)12-8-10-13(21)11-9-12)19(26)23-20-22-14-6-3-4-7-16(14)27-20/h3-4,6-11H,2,5H2,1H3,(H,24,25)(H,22,23,26). The minimum Gasteiger partial charge on any atom is -0.298 e. The number of hydrogen-bond acceptors (Lipinski definition) is 4. The highest BCUT2D eigenvalue weighted by atomic mass is 35.5. The summed E-state index contributed by atoms with van der Waals surface area (Å²) >= 11 is 7.44. The Hall–Kier alpha value is -2.70. The number of amides is 1. The van der Waals surface area contributed by atoms with Crippen LogP contribution in [-0.2, 0) is 6.42 Å². The van der Waals surface area contributed by atoms with Gasteiger partial charge in [-0.05, 0) is 30.7 Å². The Kier molecular flexibility index (Phi) is 4.92. The maximum Gasteiger partial charge on any atom is 0.261 e. The number of hydrogen-bond donors (Lipinski definition) is 2. The van der Waals surface area contributed by atoms with Gasteiger partial charge in [0.2, 0.25) is 0 Å². The number of aryl methyl sites for hydroxylation is 1. The second-order valence-corrected chi connectivity index (χ2v) is 7.59. The first kappa shape index (κ1) is 17.7. The minimum absolute atomic E-state index is 0.212. The maximum atomic E-state index is 13.1. The van der Waals surface area contributed by atoms with Crippen LogP contribution >= 0.6 is 22.9 Å². The summed E-state index contributed by atoms with van der Waals surface area (Å²) in [6, 6.07) is 15.1. The molecule has 5 nitrogen and oxygen atoms in total. The summed E-state index contributed by atoms with van der Waals surface area (Å²) < 4.78 is 1.03. The molecule has 4 aromatic rings. The molecule has 2 aromatic heterocycles. The first-order valence-electron chi connectivity index (χ1n) is 8.66. The Labute approximate surface area is 165 Å². The van der Waals surface area contributed by atoms with Crippen molar-refractivity contribution in [3.63, 3.8) is 0 Å². The zero-order valence-electron chi connectivity index (χ0n) is 14.6. The fourth-order valence-electron chi connectivity index (χ4n) is 2.96. The molecular formula is C20H17ClN4OS. The number of fused-ring (bicyclic) bond motifs is 1. The largest absolute Gasteiger partial charge is 0.298 e. The number of para-hydroxylation sites is 1. The Morgan fingerprint density at radius 3 is 2.70 bits per heavy atom. The highest BCUT2D eigenvalue weighted by Gasteiger charge is 2.22. The van der Waals surface area contributed by atoms with Gasteiger partial charge >= 0.3 is 0 Å². The first-order valence-corrected chi connectivity index (χ1v) is 9.85.